The highest BCUT2D eigenvalue weighted by molar-refractivity contribution is 5.98. The molecule has 0 aliphatic carbocycles. The first kappa shape index (κ1) is 12.0. The summed E-state index contributed by atoms with van der Waals surface area (Å²) in [6.45, 7) is 0. The Hall–Kier alpha value is -2.47. The molecule has 0 aliphatic heterocycles. The number of carbonyl (C=O) groups excluding carboxylic acids is 1. The summed E-state index contributed by atoms with van der Waals surface area (Å²) in [5, 5.41) is 0. The summed E-state index contributed by atoms with van der Waals surface area (Å²) in [5.41, 5.74) is 3.76. The topological polar surface area (TPSA) is 90.1 Å². The van der Waals surface area contributed by atoms with Crippen LogP contribution in [0.1, 0.15) is 10.5 Å². The molecule has 0 saturated heterocycles. The highest BCUT2D eigenvalue weighted by Crippen LogP contribution is 2.25. The van der Waals surface area contributed by atoms with Gasteiger partial charge < -0.3 is 4.74 Å². The second-order valence-electron chi connectivity index (χ2n) is 3.48. The third-order valence-corrected chi connectivity index (χ3v) is 2.44. The standard InChI is InChI=1S/C12H12N4O2/c1-18-9-6-10(8-2-4-14-5-3-8)11(15-7-9)12(17)16-13/h2-7H,13H2,1H3,(H,16,17). The van der Waals surface area contributed by atoms with Crippen molar-refractivity contribution in [3.05, 3.63) is 42.5 Å². The number of carbonyl (C=O) groups is 1. The Balaban J connectivity index is 2.58. The number of nitrogen functional groups attached to an aromatic ring is 1. The van der Waals surface area contributed by atoms with Crippen LogP contribution in [0, 0.1) is 0 Å². The summed E-state index contributed by atoms with van der Waals surface area (Å²) >= 11 is 0. The summed E-state index contributed by atoms with van der Waals surface area (Å²) in [5.74, 6) is 5.25. The summed E-state index contributed by atoms with van der Waals surface area (Å²) in [4.78, 5) is 19.6. The number of nitrogens with zero attached hydrogens (tertiary/aromatic N) is 2. The molecule has 0 aromatic carbocycles. The van der Waals surface area contributed by atoms with Gasteiger partial charge >= 0.3 is 0 Å². The van der Waals surface area contributed by atoms with E-state index < -0.39 is 5.91 Å². The van der Waals surface area contributed by atoms with E-state index in [1.54, 1.807) is 30.6 Å². The number of methoxy groups -OCH3 is 1. The molecule has 2 aromatic heterocycles. The van der Waals surface area contributed by atoms with Gasteiger partial charge in [-0.1, -0.05) is 0 Å². The fraction of sp³-hybridized carbons (Fsp3) is 0.0833. The Morgan fingerprint density at radius 2 is 2.11 bits per heavy atom. The molecule has 6 heteroatoms. The second kappa shape index (κ2) is 5.24. The molecule has 2 rings (SSSR count). The highest BCUT2D eigenvalue weighted by Gasteiger charge is 2.14. The van der Waals surface area contributed by atoms with E-state index in [0.717, 1.165) is 5.56 Å². The van der Waals surface area contributed by atoms with Crippen LogP contribution < -0.4 is 16.0 Å². The van der Waals surface area contributed by atoms with Gasteiger partial charge in [-0.25, -0.2) is 10.8 Å². The number of nitrogens with two attached hydrogens (primary N) is 1. The molecule has 0 radical (unpaired) electrons. The van der Waals surface area contributed by atoms with Crippen molar-refractivity contribution in [2.24, 2.45) is 5.84 Å². The van der Waals surface area contributed by atoms with Crippen LogP contribution in [0.15, 0.2) is 36.8 Å². The van der Waals surface area contributed by atoms with Gasteiger partial charge in [0, 0.05) is 18.0 Å². The molecule has 2 aromatic rings. The van der Waals surface area contributed by atoms with E-state index in [4.69, 9.17) is 10.6 Å². The average molecular weight is 244 g/mol. The van der Waals surface area contributed by atoms with E-state index in [1.807, 2.05) is 0 Å². The van der Waals surface area contributed by atoms with Gasteiger partial charge in [-0.2, -0.15) is 0 Å². The van der Waals surface area contributed by atoms with E-state index >= 15 is 0 Å². The maximum Gasteiger partial charge on any atom is 0.284 e. The van der Waals surface area contributed by atoms with Crippen molar-refractivity contribution in [2.75, 3.05) is 7.11 Å². The quantitative estimate of drug-likeness (QED) is 0.472. The van der Waals surface area contributed by atoms with Gasteiger partial charge in [0.1, 0.15) is 11.4 Å². The summed E-state index contributed by atoms with van der Waals surface area (Å²) in [6.07, 6.45) is 4.74. The predicted octanol–water partition coefficient (Wildman–Crippen LogP) is 0.756. The number of hydrogen-bond donors (Lipinski definition) is 2. The fourth-order valence-corrected chi connectivity index (χ4v) is 1.56. The normalized spacial score (nSPS) is 9.89. The third kappa shape index (κ3) is 2.28. The van der Waals surface area contributed by atoms with Crippen molar-refractivity contribution in [1.29, 1.82) is 0 Å². The molecule has 0 unspecified atom stereocenters. The Labute approximate surface area is 104 Å². The maximum absolute atomic E-state index is 11.7. The number of amides is 1. The molecule has 0 spiro atoms. The first-order chi connectivity index (χ1) is 8.76. The average Bonchev–Trinajstić information content (AvgIpc) is 2.46. The van der Waals surface area contributed by atoms with Crippen LogP contribution in [0.25, 0.3) is 11.1 Å². The molecule has 3 N–H and O–H groups in total. The highest BCUT2D eigenvalue weighted by atomic mass is 16.5. The lowest BCUT2D eigenvalue weighted by molar-refractivity contribution is 0.0949. The Kier molecular flexibility index (Phi) is 3.49. The number of nitrogens with one attached hydrogen (secondary N) is 1. The van der Waals surface area contributed by atoms with Crippen molar-refractivity contribution < 1.29 is 9.53 Å². The van der Waals surface area contributed by atoms with Gasteiger partial charge in [-0.15, -0.1) is 0 Å². The molecule has 18 heavy (non-hydrogen) atoms. The summed E-state index contributed by atoms with van der Waals surface area (Å²) < 4.78 is 5.10. The molecule has 0 fully saturated rings. The van der Waals surface area contributed by atoms with Gasteiger partial charge in [-0.05, 0) is 23.8 Å². The van der Waals surface area contributed by atoms with E-state index in [-0.39, 0.29) is 5.69 Å². The molecule has 6 nitrogen and oxygen atoms in total. The molecule has 0 saturated carbocycles. The Morgan fingerprint density at radius 1 is 1.39 bits per heavy atom. The SMILES string of the molecule is COc1cnc(C(=O)NN)c(-c2ccncc2)c1. The van der Waals surface area contributed by atoms with Gasteiger partial charge in [0.05, 0.1) is 13.3 Å². The van der Waals surface area contributed by atoms with Crippen molar-refractivity contribution in [3.63, 3.8) is 0 Å². The smallest absolute Gasteiger partial charge is 0.284 e. The molecule has 0 atom stereocenters. The van der Waals surface area contributed by atoms with Gasteiger partial charge in [0.25, 0.3) is 5.91 Å². The van der Waals surface area contributed by atoms with Crippen LogP contribution in [-0.2, 0) is 0 Å². The number of hydrogen-bond acceptors (Lipinski definition) is 5. The van der Waals surface area contributed by atoms with Crippen LogP contribution in [0.4, 0.5) is 0 Å². The number of ether oxygens (including phenoxy) is 1. The van der Waals surface area contributed by atoms with Crippen molar-refractivity contribution >= 4 is 5.91 Å². The minimum absolute atomic E-state index is 0.240. The molecular weight excluding hydrogens is 232 g/mol. The van der Waals surface area contributed by atoms with Gasteiger partial charge in [0.2, 0.25) is 0 Å². The number of pyridine rings is 2. The lowest BCUT2D eigenvalue weighted by atomic mass is 10.0. The maximum atomic E-state index is 11.7. The molecular formula is C12H12N4O2. The van der Waals surface area contributed by atoms with Crippen LogP contribution in [0.5, 0.6) is 5.75 Å². The van der Waals surface area contributed by atoms with Crippen LogP contribution >= 0.6 is 0 Å². The monoisotopic (exact) mass is 244 g/mol. The third-order valence-electron chi connectivity index (χ3n) is 2.44. The Morgan fingerprint density at radius 3 is 2.72 bits per heavy atom. The van der Waals surface area contributed by atoms with Crippen molar-refractivity contribution in [2.45, 2.75) is 0 Å². The van der Waals surface area contributed by atoms with Gasteiger partial charge in [0.15, 0.2) is 0 Å². The molecule has 0 aliphatic rings. The lowest BCUT2D eigenvalue weighted by Crippen LogP contribution is -2.31. The van der Waals surface area contributed by atoms with Crippen LogP contribution in [0.3, 0.4) is 0 Å². The zero-order valence-corrected chi connectivity index (χ0v) is 9.75. The minimum atomic E-state index is -0.454. The molecule has 2 heterocycles. The molecule has 92 valence electrons. The Bertz CT molecular complexity index is 557. The largest absolute Gasteiger partial charge is 0.495 e. The zero-order valence-electron chi connectivity index (χ0n) is 9.75. The lowest BCUT2D eigenvalue weighted by Gasteiger charge is -2.09. The number of rotatable bonds is 3. The first-order valence-corrected chi connectivity index (χ1v) is 5.21. The van der Waals surface area contributed by atoms with E-state index in [2.05, 4.69) is 15.4 Å². The minimum Gasteiger partial charge on any atom is -0.495 e. The van der Waals surface area contributed by atoms with Crippen molar-refractivity contribution in [1.82, 2.24) is 15.4 Å². The molecule has 1 amide bonds. The van der Waals surface area contributed by atoms with Crippen LogP contribution in [-0.4, -0.2) is 23.0 Å². The number of aromatic nitrogens is 2. The molecule has 0 bridgehead atoms. The second-order valence-corrected chi connectivity index (χ2v) is 3.48. The first-order valence-electron chi connectivity index (χ1n) is 5.21. The summed E-state index contributed by atoms with van der Waals surface area (Å²) in [7, 11) is 1.54. The summed E-state index contributed by atoms with van der Waals surface area (Å²) in [6, 6.07) is 5.29. The van der Waals surface area contributed by atoms with E-state index in [9.17, 15) is 4.79 Å². The van der Waals surface area contributed by atoms with E-state index in [0.29, 0.717) is 11.3 Å². The van der Waals surface area contributed by atoms with Crippen molar-refractivity contribution in [3.8, 4) is 16.9 Å². The predicted molar refractivity (Wildman–Crippen MR) is 65.7 cm³/mol. The van der Waals surface area contributed by atoms with Crippen LogP contribution in [0.2, 0.25) is 0 Å². The van der Waals surface area contributed by atoms with Gasteiger partial charge in [-0.3, -0.25) is 15.2 Å². The number of hydrazine groups is 1. The fourth-order valence-electron chi connectivity index (χ4n) is 1.56. The zero-order chi connectivity index (χ0) is 13.0. The van der Waals surface area contributed by atoms with E-state index in [1.165, 1.54) is 13.3 Å².